The van der Waals surface area contributed by atoms with Gasteiger partial charge in [0, 0.05) is 11.8 Å². The number of aryl methyl sites for hydroxylation is 4. The number of fused-ring (bicyclic) bond motifs is 4. The molecule has 1 aromatic carbocycles. The van der Waals surface area contributed by atoms with Crippen LogP contribution in [0.2, 0.25) is 0 Å². The van der Waals surface area contributed by atoms with Gasteiger partial charge in [0.1, 0.15) is 0 Å². The second-order valence-corrected chi connectivity index (χ2v) is 14.6. The van der Waals surface area contributed by atoms with Crippen molar-refractivity contribution in [1.29, 1.82) is 0 Å². The van der Waals surface area contributed by atoms with Crippen LogP contribution in [0.4, 0.5) is 0 Å². The van der Waals surface area contributed by atoms with E-state index in [0.29, 0.717) is 0 Å². The van der Waals surface area contributed by atoms with Crippen molar-refractivity contribution in [2.45, 2.75) is 39.5 Å². The van der Waals surface area contributed by atoms with Crippen LogP contribution in [0.5, 0.6) is 0 Å². The van der Waals surface area contributed by atoms with Gasteiger partial charge in [0.05, 0.1) is 0 Å². The van der Waals surface area contributed by atoms with Gasteiger partial charge in [0.2, 0.25) is 0 Å². The van der Waals surface area contributed by atoms with Gasteiger partial charge in [-0.2, -0.15) is 0 Å². The average Bonchev–Trinajstić information content (AvgIpc) is 3.51. The molecule has 1 aromatic rings. The Hall–Kier alpha value is -5.98. The summed E-state index contributed by atoms with van der Waals surface area (Å²) in [5, 5.41) is 0. The van der Waals surface area contributed by atoms with E-state index in [2.05, 4.69) is 198 Å². The van der Waals surface area contributed by atoms with Crippen LogP contribution in [0.25, 0.3) is 44.5 Å². The Morgan fingerprint density at radius 2 is 0.462 bits per heavy atom. The van der Waals surface area contributed by atoms with Crippen LogP contribution in [-0.2, 0) is 0 Å². The van der Waals surface area contributed by atoms with Gasteiger partial charge >= 0.3 is 0 Å². The SMILES string of the molecule is Cc1cc(C(c2ccc(C(c3cc(C)c4cccccc3-4)c3cc(C)c4cccccc3-4)cc2)c2cc(C)c3cccccc2-3)c2cccccc1-2. The third kappa shape index (κ3) is 5.30. The molecule has 0 saturated carbocycles. The lowest BCUT2D eigenvalue weighted by atomic mass is 9.80. The molecule has 0 N–H and O–H groups in total. The highest BCUT2D eigenvalue weighted by Crippen LogP contribution is 2.49. The molecule has 52 heavy (non-hydrogen) atoms. The van der Waals surface area contributed by atoms with E-state index in [1.165, 1.54) is 100 Å². The molecule has 0 bridgehead atoms. The largest absolute Gasteiger partial charge is 0.0622 e. The normalized spacial score (nSPS) is 11.8. The number of hydrogen-bond acceptors (Lipinski definition) is 0. The van der Waals surface area contributed by atoms with Crippen LogP contribution >= 0.6 is 0 Å². The summed E-state index contributed by atoms with van der Waals surface area (Å²) in [6.45, 7) is 9.01. The Labute approximate surface area is 308 Å². The molecule has 0 fully saturated rings. The van der Waals surface area contributed by atoms with Crippen LogP contribution in [0, 0.1) is 27.7 Å². The summed E-state index contributed by atoms with van der Waals surface area (Å²) in [6, 6.07) is 63.6. The third-order valence-corrected chi connectivity index (χ3v) is 11.4. The topological polar surface area (TPSA) is 0 Å². The number of rotatable bonds is 6. The molecule has 0 aromatic heterocycles. The first kappa shape index (κ1) is 32.0. The first-order chi connectivity index (χ1) is 25.5. The predicted octanol–water partition coefficient (Wildman–Crippen LogP) is 13.7. The van der Waals surface area contributed by atoms with Crippen molar-refractivity contribution in [3.8, 4) is 44.5 Å². The summed E-state index contributed by atoms with van der Waals surface area (Å²) >= 11 is 0. The zero-order chi connectivity index (χ0) is 35.3. The monoisotopic (exact) mass is 666 g/mol. The zero-order valence-electron chi connectivity index (χ0n) is 30.3. The lowest BCUT2D eigenvalue weighted by Gasteiger charge is -2.23. The van der Waals surface area contributed by atoms with Crippen molar-refractivity contribution >= 4 is 0 Å². The standard InChI is InChI=1S/C52H42/c1-33-29-47(43-21-13-5-9-17-39(33)43)51(48-30-34(2)40-18-10-6-14-22-44(40)48)37-25-27-38(28-26-37)52(49-31-35(3)41-19-11-7-15-23-45(41)49)50-32-36(4)42-20-12-8-16-24-46(42)50/h5-32,51-52H,1-4H3. The maximum atomic E-state index is 2.43. The fourth-order valence-corrected chi connectivity index (χ4v) is 9.02. The lowest BCUT2D eigenvalue weighted by molar-refractivity contribution is 0.966. The minimum absolute atomic E-state index is 0.0757. The van der Waals surface area contributed by atoms with Crippen molar-refractivity contribution in [2.75, 3.05) is 0 Å². The Morgan fingerprint density at radius 1 is 0.250 bits per heavy atom. The summed E-state index contributed by atoms with van der Waals surface area (Å²) in [5.74, 6) is 0.151. The van der Waals surface area contributed by atoms with Crippen molar-refractivity contribution in [3.63, 3.8) is 0 Å². The van der Waals surface area contributed by atoms with E-state index in [1.807, 2.05) is 0 Å². The van der Waals surface area contributed by atoms with Crippen LogP contribution in [-0.4, -0.2) is 0 Å². The van der Waals surface area contributed by atoms with Gasteiger partial charge in [0.25, 0.3) is 0 Å². The summed E-state index contributed by atoms with van der Waals surface area (Å²) in [4.78, 5) is 0. The van der Waals surface area contributed by atoms with Gasteiger partial charge in [-0.15, -0.1) is 0 Å². The molecule has 0 heteroatoms. The van der Waals surface area contributed by atoms with Crippen LogP contribution in [0.3, 0.4) is 0 Å². The Morgan fingerprint density at radius 3 is 0.692 bits per heavy atom. The Balaban J connectivity index is 1.26. The molecule has 0 spiro atoms. The van der Waals surface area contributed by atoms with Gasteiger partial charge in [-0.05, 0) is 128 Å². The molecule has 0 atom stereocenters. The Bertz CT molecular complexity index is 2230. The minimum Gasteiger partial charge on any atom is -0.0622 e. The fourth-order valence-electron chi connectivity index (χ4n) is 9.02. The molecule has 250 valence electrons. The number of hydrogen-bond donors (Lipinski definition) is 0. The molecule has 0 saturated heterocycles. The molecule has 9 rings (SSSR count). The molecule has 0 nitrogen and oxygen atoms in total. The smallest absolute Gasteiger partial charge is 0.0352 e. The fraction of sp³-hybridized carbons (Fsp3) is 0.115. The van der Waals surface area contributed by atoms with Crippen LogP contribution in [0.1, 0.15) is 67.5 Å². The van der Waals surface area contributed by atoms with E-state index < -0.39 is 0 Å². The molecule has 0 amide bonds. The molecule has 0 radical (unpaired) electrons. The summed E-state index contributed by atoms with van der Waals surface area (Å²) in [7, 11) is 0. The van der Waals surface area contributed by atoms with E-state index >= 15 is 0 Å². The van der Waals surface area contributed by atoms with Crippen molar-refractivity contribution in [2.24, 2.45) is 0 Å². The van der Waals surface area contributed by atoms with E-state index in [0.717, 1.165) is 0 Å². The first-order valence-electron chi connectivity index (χ1n) is 18.5. The second kappa shape index (κ2) is 13.0. The second-order valence-electron chi connectivity index (χ2n) is 14.6. The van der Waals surface area contributed by atoms with Gasteiger partial charge in [-0.3, -0.25) is 0 Å². The third-order valence-electron chi connectivity index (χ3n) is 11.4. The van der Waals surface area contributed by atoms with Crippen molar-refractivity contribution in [3.05, 3.63) is 225 Å². The van der Waals surface area contributed by atoms with Gasteiger partial charge in [-0.25, -0.2) is 0 Å². The van der Waals surface area contributed by atoms with E-state index in [-0.39, 0.29) is 11.8 Å². The summed E-state index contributed by atoms with van der Waals surface area (Å²) < 4.78 is 0. The van der Waals surface area contributed by atoms with Gasteiger partial charge in [0.15, 0.2) is 0 Å². The van der Waals surface area contributed by atoms with Crippen LogP contribution < -0.4 is 0 Å². The molecule has 0 heterocycles. The van der Waals surface area contributed by atoms with E-state index in [1.54, 1.807) is 0 Å². The molecule has 0 unspecified atom stereocenters. The number of benzene rings is 1. The lowest BCUT2D eigenvalue weighted by Crippen LogP contribution is -2.06. The molecular formula is C52H42. The molecule has 0 aliphatic heterocycles. The quantitative estimate of drug-likeness (QED) is 0.166. The summed E-state index contributed by atoms with van der Waals surface area (Å²) in [5.41, 5.74) is 23.9. The van der Waals surface area contributed by atoms with Gasteiger partial charge in [-0.1, -0.05) is 170 Å². The van der Waals surface area contributed by atoms with E-state index in [9.17, 15) is 0 Å². The van der Waals surface area contributed by atoms with Crippen molar-refractivity contribution in [1.82, 2.24) is 0 Å². The minimum atomic E-state index is 0.0757. The van der Waals surface area contributed by atoms with Gasteiger partial charge < -0.3 is 0 Å². The molecule has 8 aliphatic rings. The molecule has 8 aliphatic carbocycles. The van der Waals surface area contributed by atoms with Crippen molar-refractivity contribution < 1.29 is 0 Å². The highest BCUT2D eigenvalue weighted by Gasteiger charge is 2.30. The maximum absolute atomic E-state index is 2.43. The molecular weight excluding hydrogens is 625 g/mol. The maximum Gasteiger partial charge on any atom is 0.0352 e. The van der Waals surface area contributed by atoms with Crippen LogP contribution in [0.15, 0.2) is 170 Å². The average molecular weight is 667 g/mol. The first-order valence-corrected chi connectivity index (χ1v) is 18.5. The summed E-state index contributed by atoms with van der Waals surface area (Å²) in [6.07, 6.45) is 0. The highest BCUT2D eigenvalue weighted by atomic mass is 14.3. The zero-order valence-corrected chi connectivity index (χ0v) is 30.3. The Kier molecular flexibility index (Phi) is 7.97. The van der Waals surface area contributed by atoms with E-state index in [4.69, 9.17) is 0 Å². The highest BCUT2D eigenvalue weighted by molar-refractivity contribution is 5.83. The predicted molar refractivity (Wildman–Crippen MR) is 220 cm³/mol.